The molecule has 0 unspecified atom stereocenters. The molecule has 4 heterocycles. The van der Waals surface area contributed by atoms with Crippen LogP contribution in [0.25, 0.3) is 22.4 Å². The van der Waals surface area contributed by atoms with E-state index in [1.807, 2.05) is 11.9 Å². The number of halogens is 2. The van der Waals surface area contributed by atoms with E-state index in [0.29, 0.717) is 16.5 Å². The maximum atomic E-state index is 14.2. The molecule has 0 aromatic carbocycles. The quantitative estimate of drug-likeness (QED) is 0.618. The van der Waals surface area contributed by atoms with E-state index in [1.54, 1.807) is 18.5 Å². The van der Waals surface area contributed by atoms with Crippen LogP contribution in [0.3, 0.4) is 0 Å². The Hall–Kier alpha value is -1.90. The van der Waals surface area contributed by atoms with Gasteiger partial charge >= 0.3 is 0 Å². The SMILES string of the molecule is CCCSN1CC(Nc2nc(-c3c[nH]c4ncc(Cl)cc34)ncc2F)C1. The molecule has 136 valence electrons. The molecule has 6 nitrogen and oxygen atoms in total. The molecule has 0 atom stereocenters. The van der Waals surface area contributed by atoms with E-state index in [1.165, 1.54) is 6.20 Å². The molecule has 0 radical (unpaired) electrons. The largest absolute Gasteiger partial charge is 0.362 e. The number of anilines is 1. The van der Waals surface area contributed by atoms with Crippen molar-refractivity contribution in [2.45, 2.75) is 19.4 Å². The number of fused-ring (bicyclic) bond motifs is 1. The summed E-state index contributed by atoms with van der Waals surface area (Å²) in [6.45, 7) is 3.90. The minimum atomic E-state index is -0.454. The molecule has 1 saturated heterocycles. The lowest BCUT2D eigenvalue weighted by atomic mass is 10.2. The summed E-state index contributed by atoms with van der Waals surface area (Å²) in [5.74, 6) is 1.31. The number of nitrogens with one attached hydrogen (secondary N) is 2. The number of H-pyrrole nitrogens is 1. The van der Waals surface area contributed by atoms with Crippen molar-refractivity contribution in [3.05, 3.63) is 35.5 Å². The highest BCUT2D eigenvalue weighted by Crippen LogP contribution is 2.29. The topological polar surface area (TPSA) is 69.7 Å². The van der Waals surface area contributed by atoms with Crippen LogP contribution in [0, 0.1) is 5.82 Å². The molecule has 9 heteroatoms. The minimum Gasteiger partial charge on any atom is -0.362 e. The summed E-state index contributed by atoms with van der Waals surface area (Å²) in [6.07, 6.45) is 5.68. The smallest absolute Gasteiger partial charge is 0.183 e. The first kappa shape index (κ1) is 17.5. The van der Waals surface area contributed by atoms with Gasteiger partial charge in [0.25, 0.3) is 0 Å². The molecular formula is C17H18ClFN6S. The minimum absolute atomic E-state index is 0.190. The fourth-order valence-corrected chi connectivity index (χ4v) is 3.98. The lowest BCUT2D eigenvalue weighted by Gasteiger charge is -2.38. The second-order valence-corrected chi connectivity index (χ2v) is 7.78. The molecule has 26 heavy (non-hydrogen) atoms. The van der Waals surface area contributed by atoms with Crippen LogP contribution in [0.2, 0.25) is 5.02 Å². The van der Waals surface area contributed by atoms with Crippen molar-refractivity contribution < 1.29 is 4.39 Å². The molecule has 1 fully saturated rings. The lowest BCUT2D eigenvalue weighted by Crippen LogP contribution is -2.51. The highest BCUT2D eigenvalue weighted by atomic mass is 35.5. The average molecular weight is 393 g/mol. The Kier molecular flexibility index (Phi) is 4.97. The third kappa shape index (κ3) is 3.49. The van der Waals surface area contributed by atoms with Gasteiger partial charge in [-0.3, -0.25) is 0 Å². The van der Waals surface area contributed by atoms with Crippen molar-refractivity contribution in [3.8, 4) is 11.4 Å². The Labute approximate surface area is 159 Å². The summed E-state index contributed by atoms with van der Waals surface area (Å²) in [6, 6.07) is 1.99. The maximum Gasteiger partial charge on any atom is 0.183 e. The van der Waals surface area contributed by atoms with Crippen molar-refractivity contribution in [1.29, 1.82) is 0 Å². The summed E-state index contributed by atoms with van der Waals surface area (Å²) in [7, 11) is 0. The number of pyridine rings is 1. The molecule has 0 amide bonds. The number of aromatic amines is 1. The predicted octanol–water partition coefficient (Wildman–Crippen LogP) is 3.97. The van der Waals surface area contributed by atoms with Crippen molar-refractivity contribution in [3.63, 3.8) is 0 Å². The van der Waals surface area contributed by atoms with E-state index in [2.05, 4.69) is 36.5 Å². The summed E-state index contributed by atoms with van der Waals surface area (Å²) in [5, 5.41) is 4.51. The fraction of sp³-hybridized carbons (Fsp3) is 0.353. The first-order valence-electron chi connectivity index (χ1n) is 8.44. The lowest BCUT2D eigenvalue weighted by molar-refractivity contribution is 0.308. The van der Waals surface area contributed by atoms with E-state index in [-0.39, 0.29) is 11.9 Å². The fourth-order valence-electron chi connectivity index (χ4n) is 2.81. The normalized spacial score (nSPS) is 15.3. The van der Waals surface area contributed by atoms with Gasteiger partial charge in [0.1, 0.15) is 5.65 Å². The Morgan fingerprint density at radius 3 is 3.04 bits per heavy atom. The van der Waals surface area contributed by atoms with E-state index in [4.69, 9.17) is 11.6 Å². The van der Waals surface area contributed by atoms with Crippen molar-refractivity contribution in [2.75, 3.05) is 24.2 Å². The third-order valence-corrected chi connectivity index (χ3v) is 5.61. The summed E-state index contributed by atoms with van der Waals surface area (Å²) < 4.78 is 16.4. The Balaban J connectivity index is 1.54. The summed E-state index contributed by atoms with van der Waals surface area (Å²) >= 11 is 7.87. The zero-order valence-electron chi connectivity index (χ0n) is 14.2. The molecule has 0 aliphatic carbocycles. The standard InChI is InChI=1S/C17H18ClFN6S/c1-2-3-26-25-8-11(9-25)23-17-14(19)7-22-16(24-17)13-6-21-15-12(13)4-10(18)5-20-15/h4-7,11H,2-3,8-9H2,1H3,(H,20,21)(H,22,23,24). The molecule has 1 aliphatic rings. The van der Waals surface area contributed by atoms with Gasteiger partial charge in [-0.25, -0.2) is 23.6 Å². The summed E-state index contributed by atoms with van der Waals surface area (Å²) in [5.41, 5.74) is 1.43. The number of aromatic nitrogens is 4. The van der Waals surface area contributed by atoms with E-state index >= 15 is 0 Å². The van der Waals surface area contributed by atoms with Gasteiger partial charge < -0.3 is 10.3 Å². The average Bonchev–Trinajstić information content (AvgIpc) is 3.01. The van der Waals surface area contributed by atoms with Crippen LogP contribution in [-0.4, -0.2) is 49.1 Å². The van der Waals surface area contributed by atoms with Crippen molar-refractivity contribution >= 4 is 40.4 Å². The van der Waals surface area contributed by atoms with Gasteiger partial charge in [-0.2, -0.15) is 0 Å². The van der Waals surface area contributed by atoms with Crippen molar-refractivity contribution in [2.24, 2.45) is 0 Å². The van der Waals surface area contributed by atoms with E-state index < -0.39 is 5.82 Å². The summed E-state index contributed by atoms with van der Waals surface area (Å²) in [4.78, 5) is 15.8. The Morgan fingerprint density at radius 1 is 1.38 bits per heavy atom. The first-order valence-corrected chi connectivity index (χ1v) is 9.76. The van der Waals surface area contributed by atoms with Gasteiger partial charge in [0, 0.05) is 42.2 Å². The zero-order chi connectivity index (χ0) is 18.1. The van der Waals surface area contributed by atoms with Crippen LogP contribution in [0.5, 0.6) is 0 Å². The van der Waals surface area contributed by atoms with Gasteiger partial charge in [-0.1, -0.05) is 30.5 Å². The highest BCUT2D eigenvalue weighted by Gasteiger charge is 2.28. The van der Waals surface area contributed by atoms with Gasteiger partial charge in [0.05, 0.1) is 17.3 Å². The molecule has 3 aromatic heterocycles. The Bertz CT molecular complexity index is 927. The third-order valence-electron chi connectivity index (χ3n) is 4.15. The van der Waals surface area contributed by atoms with Crippen molar-refractivity contribution in [1.82, 2.24) is 24.2 Å². The molecule has 4 rings (SSSR count). The van der Waals surface area contributed by atoms with Gasteiger partial charge in [-0.15, -0.1) is 0 Å². The van der Waals surface area contributed by atoms with Gasteiger partial charge in [0.15, 0.2) is 17.5 Å². The monoisotopic (exact) mass is 392 g/mol. The molecule has 1 aliphatic heterocycles. The van der Waals surface area contributed by atoms with Crippen LogP contribution in [0.4, 0.5) is 10.2 Å². The number of hydrogen-bond acceptors (Lipinski definition) is 6. The molecule has 3 aromatic rings. The molecular weight excluding hydrogens is 375 g/mol. The first-order chi connectivity index (χ1) is 12.6. The van der Waals surface area contributed by atoms with Crippen LogP contribution in [0.15, 0.2) is 24.7 Å². The van der Waals surface area contributed by atoms with Crippen LogP contribution >= 0.6 is 23.5 Å². The van der Waals surface area contributed by atoms with Crippen LogP contribution < -0.4 is 5.32 Å². The van der Waals surface area contributed by atoms with Crippen LogP contribution in [0.1, 0.15) is 13.3 Å². The number of hydrogen-bond donors (Lipinski definition) is 2. The molecule has 2 N–H and O–H groups in total. The zero-order valence-corrected chi connectivity index (χ0v) is 15.7. The van der Waals surface area contributed by atoms with E-state index in [9.17, 15) is 4.39 Å². The van der Waals surface area contributed by atoms with Gasteiger partial charge in [0.2, 0.25) is 0 Å². The van der Waals surface area contributed by atoms with Crippen LogP contribution in [-0.2, 0) is 0 Å². The molecule has 0 saturated carbocycles. The molecule has 0 spiro atoms. The number of rotatable bonds is 6. The second kappa shape index (κ2) is 7.38. The maximum absolute atomic E-state index is 14.2. The van der Waals surface area contributed by atoms with Gasteiger partial charge in [-0.05, 0) is 12.5 Å². The highest BCUT2D eigenvalue weighted by molar-refractivity contribution is 7.97. The predicted molar refractivity (Wildman–Crippen MR) is 104 cm³/mol. The second-order valence-electron chi connectivity index (χ2n) is 6.16. The number of nitrogens with zero attached hydrogens (tertiary/aromatic N) is 4. The van der Waals surface area contributed by atoms with E-state index in [0.717, 1.165) is 36.2 Å². The molecule has 0 bridgehead atoms. The Morgan fingerprint density at radius 2 is 2.23 bits per heavy atom.